The van der Waals surface area contributed by atoms with Crippen molar-refractivity contribution in [3.8, 4) is 0 Å². The molecule has 0 unspecified atom stereocenters. The zero-order valence-electron chi connectivity index (χ0n) is 17.1. The Labute approximate surface area is 186 Å². The lowest BCUT2D eigenvalue weighted by Gasteiger charge is -2.36. The van der Waals surface area contributed by atoms with Gasteiger partial charge in [0.15, 0.2) is 0 Å². The Morgan fingerprint density at radius 3 is 2.58 bits per heavy atom. The van der Waals surface area contributed by atoms with Gasteiger partial charge in [0.25, 0.3) is 0 Å². The number of amides is 3. The van der Waals surface area contributed by atoms with E-state index < -0.39 is 6.10 Å². The molecule has 9 heteroatoms. The van der Waals surface area contributed by atoms with Gasteiger partial charge < -0.3 is 25.8 Å². The predicted octanol–water partition coefficient (Wildman–Crippen LogP) is 2.51. The second kappa shape index (κ2) is 11.6. The molecule has 1 aliphatic heterocycles. The molecule has 3 rings (SSSR count). The van der Waals surface area contributed by atoms with Crippen LogP contribution < -0.4 is 16.0 Å². The fraction of sp³-hybridized carbons (Fsp3) is 0.409. The number of carbonyl (C=O) groups excluding carboxylic acids is 2. The molecule has 8 nitrogen and oxygen atoms in total. The third kappa shape index (κ3) is 7.50. The van der Waals surface area contributed by atoms with Gasteiger partial charge in [-0.25, -0.2) is 4.79 Å². The van der Waals surface area contributed by atoms with Crippen LogP contribution in [-0.2, 0) is 16.0 Å². The van der Waals surface area contributed by atoms with Crippen LogP contribution >= 0.6 is 11.6 Å². The SMILES string of the molecule is O=C(Cc1ccncc1)NCC[C@@H]1CC[C@H](NC(=O)Nc2ccc(Cl)cc2)[C@H](CO)O1. The quantitative estimate of drug-likeness (QED) is 0.497. The number of urea groups is 1. The number of anilines is 1. The molecule has 0 saturated carbocycles. The van der Waals surface area contributed by atoms with E-state index in [0.717, 1.165) is 12.0 Å². The lowest BCUT2D eigenvalue weighted by Crippen LogP contribution is -2.52. The Morgan fingerprint density at radius 1 is 1.13 bits per heavy atom. The van der Waals surface area contributed by atoms with Crippen molar-refractivity contribution in [1.82, 2.24) is 15.6 Å². The molecule has 2 heterocycles. The average Bonchev–Trinajstić information content (AvgIpc) is 2.77. The topological polar surface area (TPSA) is 113 Å². The van der Waals surface area contributed by atoms with Crippen LogP contribution in [0.1, 0.15) is 24.8 Å². The molecule has 2 aromatic rings. The summed E-state index contributed by atoms with van der Waals surface area (Å²) in [6.07, 6.45) is 5.08. The Kier molecular flexibility index (Phi) is 8.63. The van der Waals surface area contributed by atoms with E-state index in [1.165, 1.54) is 0 Å². The first kappa shape index (κ1) is 23.0. The van der Waals surface area contributed by atoms with Crippen molar-refractivity contribution in [1.29, 1.82) is 0 Å². The molecular weight excluding hydrogens is 420 g/mol. The number of aliphatic hydroxyl groups is 1. The maximum Gasteiger partial charge on any atom is 0.319 e. The van der Waals surface area contributed by atoms with Gasteiger partial charge in [-0.1, -0.05) is 11.6 Å². The standard InChI is InChI=1S/C22H27ClN4O4/c23-16-1-3-17(4-2-16)26-22(30)27-19-6-5-18(31-20(19)14-28)9-12-25-21(29)13-15-7-10-24-11-8-15/h1-4,7-8,10-11,18-20,28H,5-6,9,12-14H2,(H,25,29)(H2,26,27,30)/t18-,19-,20-/m0/s1. The summed E-state index contributed by atoms with van der Waals surface area (Å²) in [7, 11) is 0. The molecular formula is C22H27ClN4O4. The van der Waals surface area contributed by atoms with Crippen LogP contribution in [0.5, 0.6) is 0 Å². The highest BCUT2D eigenvalue weighted by molar-refractivity contribution is 6.30. The predicted molar refractivity (Wildman–Crippen MR) is 118 cm³/mol. The number of benzene rings is 1. The molecule has 31 heavy (non-hydrogen) atoms. The van der Waals surface area contributed by atoms with E-state index in [2.05, 4.69) is 20.9 Å². The molecule has 3 amide bonds. The Hall–Kier alpha value is -2.68. The number of nitrogens with zero attached hydrogens (tertiary/aromatic N) is 1. The van der Waals surface area contributed by atoms with E-state index >= 15 is 0 Å². The normalized spacial score (nSPS) is 20.6. The fourth-order valence-electron chi connectivity index (χ4n) is 3.50. The number of nitrogens with one attached hydrogen (secondary N) is 3. The first-order chi connectivity index (χ1) is 15.0. The minimum absolute atomic E-state index is 0.0564. The molecule has 1 aliphatic rings. The third-order valence-corrected chi connectivity index (χ3v) is 5.37. The number of halogens is 1. The maximum atomic E-state index is 12.3. The minimum atomic E-state index is -0.498. The van der Waals surface area contributed by atoms with Gasteiger partial charge in [-0.3, -0.25) is 9.78 Å². The van der Waals surface area contributed by atoms with Crippen molar-refractivity contribution in [3.63, 3.8) is 0 Å². The summed E-state index contributed by atoms with van der Waals surface area (Å²) in [6.45, 7) is 0.290. The number of pyridine rings is 1. The van der Waals surface area contributed by atoms with Gasteiger partial charge in [-0.05, 0) is 61.2 Å². The van der Waals surface area contributed by atoms with E-state index in [9.17, 15) is 14.7 Å². The first-order valence-corrected chi connectivity index (χ1v) is 10.7. The van der Waals surface area contributed by atoms with E-state index in [1.807, 2.05) is 12.1 Å². The molecule has 0 bridgehead atoms. The zero-order chi connectivity index (χ0) is 22.1. The van der Waals surface area contributed by atoms with Crippen LogP contribution in [0.3, 0.4) is 0 Å². The number of ether oxygens (including phenoxy) is 1. The molecule has 166 valence electrons. The van der Waals surface area contributed by atoms with Crippen LogP contribution in [0.2, 0.25) is 5.02 Å². The van der Waals surface area contributed by atoms with Crippen LogP contribution in [0.25, 0.3) is 0 Å². The van der Waals surface area contributed by atoms with Crippen molar-refractivity contribution in [2.75, 3.05) is 18.5 Å². The average molecular weight is 447 g/mol. The van der Waals surface area contributed by atoms with Gasteiger partial charge in [-0.15, -0.1) is 0 Å². The van der Waals surface area contributed by atoms with Crippen LogP contribution in [0, 0.1) is 0 Å². The van der Waals surface area contributed by atoms with Gasteiger partial charge in [0.1, 0.15) is 6.10 Å². The highest BCUT2D eigenvalue weighted by atomic mass is 35.5. The molecule has 1 aromatic heterocycles. The zero-order valence-corrected chi connectivity index (χ0v) is 17.8. The Morgan fingerprint density at radius 2 is 1.87 bits per heavy atom. The Bertz CT molecular complexity index is 850. The number of hydrogen-bond donors (Lipinski definition) is 4. The van der Waals surface area contributed by atoms with Crippen molar-refractivity contribution in [3.05, 3.63) is 59.4 Å². The number of carbonyl (C=O) groups is 2. The van der Waals surface area contributed by atoms with E-state index in [0.29, 0.717) is 36.5 Å². The van der Waals surface area contributed by atoms with Crippen molar-refractivity contribution in [2.24, 2.45) is 0 Å². The van der Waals surface area contributed by atoms with Gasteiger partial charge >= 0.3 is 6.03 Å². The smallest absolute Gasteiger partial charge is 0.319 e. The summed E-state index contributed by atoms with van der Waals surface area (Å²) in [5, 5.41) is 18.8. The second-order valence-corrected chi connectivity index (χ2v) is 7.88. The fourth-order valence-corrected chi connectivity index (χ4v) is 3.63. The molecule has 0 radical (unpaired) electrons. The first-order valence-electron chi connectivity index (χ1n) is 10.3. The number of aliphatic hydroxyl groups excluding tert-OH is 1. The van der Waals surface area contributed by atoms with Crippen molar-refractivity contribution in [2.45, 2.75) is 43.9 Å². The summed E-state index contributed by atoms with van der Waals surface area (Å²) < 4.78 is 5.95. The Balaban J connectivity index is 1.39. The summed E-state index contributed by atoms with van der Waals surface area (Å²) >= 11 is 5.85. The van der Waals surface area contributed by atoms with Gasteiger partial charge in [0.2, 0.25) is 5.91 Å². The molecule has 1 saturated heterocycles. The van der Waals surface area contributed by atoms with Crippen LogP contribution in [-0.4, -0.2) is 53.4 Å². The highest BCUT2D eigenvalue weighted by Crippen LogP contribution is 2.22. The summed E-state index contributed by atoms with van der Waals surface area (Å²) in [5.74, 6) is -0.0564. The van der Waals surface area contributed by atoms with Gasteiger partial charge in [0.05, 0.1) is 25.2 Å². The third-order valence-electron chi connectivity index (χ3n) is 5.12. The van der Waals surface area contributed by atoms with E-state index in [1.54, 1.807) is 36.7 Å². The summed E-state index contributed by atoms with van der Waals surface area (Å²) in [6, 6.07) is 9.77. The molecule has 1 fully saturated rings. The summed E-state index contributed by atoms with van der Waals surface area (Å²) in [4.78, 5) is 28.2. The van der Waals surface area contributed by atoms with Crippen LogP contribution in [0.15, 0.2) is 48.8 Å². The van der Waals surface area contributed by atoms with Crippen molar-refractivity contribution >= 4 is 29.2 Å². The second-order valence-electron chi connectivity index (χ2n) is 7.44. The van der Waals surface area contributed by atoms with E-state index in [-0.39, 0.29) is 30.7 Å². The van der Waals surface area contributed by atoms with Gasteiger partial charge in [0, 0.05) is 29.6 Å². The number of aromatic nitrogens is 1. The monoisotopic (exact) mass is 446 g/mol. The maximum absolute atomic E-state index is 12.3. The lowest BCUT2D eigenvalue weighted by atomic mass is 9.97. The lowest BCUT2D eigenvalue weighted by molar-refractivity contribution is -0.121. The van der Waals surface area contributed by atoms with E-state index in [4.69, 9.17) is 16.3 Å². The molecule has 0 spiro atoms. The molecule has 3 atom stereocenters. The molecule has 0 aliphatic carbocycles. The van der Waals surface area contributed by atoms with Crippen molar-refractivity contribution < 1.29 is 19.4 Å². The number of rotatable bonds is 8. The highest BCUT2D eigenvalue weighted by Gasteiger charge is 2.31. The number of hydrogen-bond acceptors (Lipinski definition) is 5. The summed E-state index contributed by atoms with van der Waals surface area (Å²) in [5.41, 5.74) is 1.53. The van der Waals surface area contributed by atoms with Gasteiger partial charge in [-0.2, -0.15) is 0 Å². The molecule has 1 aromatic carbocycles. The largest absolute Gasteiger partial charge is 0.394 e. The molecule has 4 N–H and O–H groups in total. The minimum Gasteiger partial charge on any atom is -0.394 e. The van der Waals surface area contributed by atoms with Crippen LogP contribution in [0.4, 0.5) is 10.5 Å².